The van der Waals surface area contributed by atoms with E-state index in [4.69, 9.17) is 4.74 Å². The summed E-state index contributed by atoms with van der Waals surface area (Å²) in [6.07, 6.45) is -0.160. The molecule has 0 bridgehead atoms. The second kappa shape index (κ2) is 7.82. The smallest absolute Gasteiger partial charge is 0.343 e. The van der Waals surface area contributed by atoms with Gasteiger partial charge in [-0.15, -0.1) is 0 Å². The molecule has 0 amide bonds. The van der Waals surface area contributed by atoms with Gasteiger partial charge in [-0.1, -0.05) is 72.8 Å². The zero-order valence-corrected chi connectivity index (χ0v) is 16.4. The number of ether oxygens (including phenoxy) is 1. The molecule has 0 aliphatic carbocycles. The van der Waals surface area contributed by atoms with Gasteiger partial charge in [0.2, 0.25) is 0 Å². The van der Waals surface area contributed by atoms with E-state index in [9.17, 15) is 4.79 Å². The van der Waals surface area contributed by atoms with Crippen molar-refractivity contribution in [3.05, 3.63) is 107 Å². The molecular formula is C25H26N2O2+2. The third-order valence-corrected chi connectivity index (χ3v) is 6.27. The molecule has 1 fully saturated rings. The largest absolute Gasteiger partial charge is 0.404 e. The van der Waals surface area contributed by atoms with Crippen molar-refractivity contribution in [2.75, 3.05) is 26.2 Å². The van der Waals surface area contributed by atoms with Crippen LogP contribution in [0.3, 0.4) is 0 Å². The van der Waals surface area contributed by atoms with Gasteiger partial charge < -0.3 is 9.64 Å². The van der Waals surface area contributed by atoms with Gasteiger partial charge in [-0.2, -0.15) is 0 Å². The number of hydrogen-bond acceptors (Lipinski definition) is 2. The molecule has 3 aromatic rings. The Morgan fingerprint density at radius 1 is 0.724 bits per heavy atom. The topological polar surface area (TPSA) is 35.2 Å². The van der Waals surface area contributed by atoms with Gasteiger partial charge in [0.1, 0.15) is 32.2 Å². The molecule has 3 aromatic carbocycles. The van der Waals surface area contributed by atoms with E-state index in [1.807, 2.05) is 24.3 Å². The Balaban J connectivity index is 1.36. The van der Waals surface area contributed by atoms with Crippen molar-refractivity contribution in [3.8, 4) is 0 Å². The molecule has 0 saturated carbocycles. The number of carbonyl (C=O) groups is 1. The molecule has 0 aromatic heterocycles. The lowest BCUT2D eigenvalue weighted by molar-refractivity contribution is -1.05. The third-order valence-electron chi connectivity index (χ3n) is 6.27. The third kappa shape index (κ3) is 3.46. The normalized spacial score (nSPS) is 23.6. The zero-order chi connectivity index (χ0) is 19.6. The van der Waals surface area contributed by atoms with Crippen LogP contribution in [0.15, 0.2) is 84.9 Å². The lowest BCUT2D eigenvalue weighted by atomic mass is 9.96. The molecule has 2 aliphatic heterocycles. The van der Waals surface area contributed by atoms with Crippen molar-refractivity contribution in [1.29, 1.82) is 0 Å². The fourth-order valence-corrected chi connectivity index (χ4v) is 4.85. The van der Waals surface area contributed by atoms with Gasteiger partial charge in [0.25, 0.3) is 6.23 Å². The maximum Gasteiger partial charge on any atom is 0.343 e. The average Bonchev–Trinajstić information content (AvgIpc) is 3.13. The van der Waals surface area contributed by atoms with Crippen molar-refractivity contribution in [3.63, 3.8) is 0 Å². The highest BCUT2D eigenvalue weighted by Crippen LogP contribution is 2.26. The van der Waals surface area contributed by atoms with Crippen LogP contribution in [0.5, 0.6) is 0 Å². The predicted molar refractivity (Wildman–Crippen MR) is 111 cm³/mol. The number of fused-ring (bicyclic) bond motifs is 1. The summed E-state index contributed by atoms with van der Waals surface area (Å²) in [4.78, 5) is 15.1. The van der Waals surface area contributed by atoms with E-state index < -0.39 is 0 Å². The van der Waals surface area contributed by atoms with E-state index in [-0.39, 0.29) is 12.2 Å². The minimum absolute atomic E-state index is 0.160. The lowest BCUT2D eigenvalue weighted by Crippen LogP contribution is -3.28. The molecular weight excluding hydrogens is 360 g/mol. The Bertz CT molecular complexity index is 942. The number of rotatable bonds is 4. The first kappa shape index (κ1) is 18.1. The maximum atomic E-state index is 12.2. The minimum Gasteiger partial charge on any atom is -0.404 e. The van der Waals surface area contributed by atoms with E-state index in [1.54, 1.807) is 4.90 Å². The second-order valence-electron chi connectivity index (χ2n) is 7.94. The fraction of sp³-hybridized carbons (Fsp3) is 0.240. The van der Waals surface area contributed by atoms with E-state index in [2.05, 4.69) is 60.7 Å². The molecule has 29 heavy (non-hydrogen) atoms. The first-order valence-electron chi connectivity index (χ1n) is 10.4. The Morgan fingerprint density at radius 2 is 1.28 bits per heavy atom. The van der Waals surface area contributed by atoms with Gasteiger partial charge in [-0.05, 0) is 12.1 Å². The number of nitrogens with one attached hydrogen (secondary N) is 2. The number of carbonyl (C=O) groups excluding carboxylic acids is 1. The van der Waals surface area contributed by atoms with Crippen LogP contribution in [-0.2, 0) is 4.74 Å². The number of hydrogen-bond donors (Lipinski definition) is 2. The highest BCUT2D eigenvalue weighted by molar-refractivity contribution is 5.93. The molecule has 0 spiro atoms. The van der Waals surface area contributed by atoms with Gasteiger partial charge >= 0.3 is 5.97 Å². The number of piperazine rings is 1. The van der Waals surface area contributed by atoms with Crippen LogP contribution in [0.2, 0.25) is 0 Å². The van der Waals surface area contributed by atoms with Crippen molar-refractivity contribution in [2.45, 2.75) is 12.3 Å². The number of benzene rings is 3. The summed E-state index contributed by atoms with van der Waals surface area (Å²) in [5, 5.41) is 0. The van der Waals surface area contributed by atoms with Crippen molar-refractivity contribution < 1.29 is 19.3 Å². The molecule has 5 rings (SSSR count). The van der Waals surface area contributed by atoms with E-state index in [0.717, 1.165) is 37.3 Å². The van der Waals surface area contributed by atoms with E-state index >= 15 is 0 Å². The quantitative estimate of drug-likeness (QED) is 0.666. The number of cyclic esters (lactones) is 1. The zero-order valence-electron chi connectivity index (χ0n) is 16.4. The molecule has 0 radical (unpaired) electrons. The average molecular weight is 386 g/mol. The number of quaternary nitrogens is 2. The highest BCUT2D eigenvalue weighted by Gasteiger charge is 2.41. The van der Waals surface area contributed by atoms with Gasteiger partial charge in [-0.25, -0.2) is 4.79 Å². The molecule has 2 aliphatic rings. The first-order chi connectivity index (χ1) is 14.3. The minimum atomic E-state index is -0.181. The summed E-state index contributed by atoms with van der Waals surface area (Å²) in [5.74, 6) is -0.181. The fourth-order valence-electron chi connectivity index (χ4n) is 4.85. The molecule has 0 unspecified atom stereocenters. The van der Waals surface area contributed by atoms with Crippen molar-refractivity contribution in [1.82, 2.24) is 0 Å². The summed E-state index contributed by atoms with van der Waals surface area (Å²) < 4.78 is 5.75. The molecule has 4 heteroatoms. The van der Waals surface area contributed by atoms with Crippen LogP contribution in [0.1, 0.15) is 39.3 Å². The van der Waals surface area contributed by atoms with Gasteiger partial charge in [0, 0.05) is 11.1 Å². The Morgan fingerprint density at radius 3 is 1.90 bits per heavy atom. The number of esters is 1. The lowest BCUT2D eigenvalue weighted by Gasteiger charge is -2.36. The maximum absolute atomic E-state index is 12.2. The Labute approximate surface area is 171 Å². The molecule has 1 atom stereocenters. The first-order valence-corrected chi connectivity index (χ1v) is 10.4. The van der Waals surface area contributed by atoms with Gasteiger partial charge in [0.05, 0.1) is 11.1 Å². The second-order valence-corrected chi connectivity index (χ2v) is 7.94. The standard InChI is InChI=1S/C25H24N2O2/c28-25-22-14-8-7-13-21(22)24(29-25)27-17-15-26(16-18-27)23(19-9-3-1-4-10-19)20-11-5-2-6-12-20/h1-14,23-24H,15-18H2/p+2/t24-/m1/s1. The van der Waals surface area contributed by atoms with Crippen molar-refractivity contribution >= 4 is 5.97 Å². The summed E-state index contributed by atoms with van der Waals surface area (Å²) in [7, 11) is 0. The SMILES string of the molecule is O=C1O[C@@H]([NH+]2CC[NH+](C(c3ccccc3)c3ccccc3)CC2)c2ccccc21. The van der Waals surface area contributed by atoms with Crippen LogP contribution >= 0.6 is 0 Å². The molecule has 2 N–H and O–H groups in total. The summed E-state index contributed by atoms with van der Waals surface area (Å²) >= 11 is 0. The van der Waals surface area contributed by atoms with Crippen molar-refractivity contribution in [2.24, 2.45) is 0 Å². The van der Waals surface area contributed by atoms with Crippen LogP contribution < -0.4 is 9.80 Å². The summed E-state index contributed by atoms with van der Waals surface area (Å²) in [6, 6.07) is 29.7. The molecule has 146 valence electrons. The van der Waals surface area contributed by atoms with Crippen LogP contribution in [-0.4, -0.2) is 32.1 Å². The molecule has 4 nitrogen and oxygen atoms in total. The molecule has 1 saturated heterocycles. The Hall–Kier alpha value is -2.95. The van der Waals surface area contributed by atoms with Gasteiger partial charge in [0.15, 0.2) is 0 Å². The van der Waals surface area contributed by atoms with Crippen LogP contribution in [0.25, 0.3) is 0 Å². The predicted octanol–water partition coefficient (Wildman–Crippen LogP) is 1.43. The summed E-state index contributed by atoms with van der Waals surface area (Å²) in [5.41, 5.74) is 4.48. The monoisotopic (exact) mass is 386 g/mol. The summed E-state index contributed by atoms with van der Waals surface area (Å²) in [6.45, 7) is 4.05. The highest BCUT2D eigenvalue weighted by atomic mass is 16.6. The molecule has 2 heterocycles. The van der Waals surface area contributed by atoms with Gasteiger partial charge in [-0.3, -0.25) is 4.90 Å². The Kier molecular flexibility index (Phi) is 4.88. The van der Waals surface area contributed by atoms with Crippen LogP contribution in [0, 0.1) is 0 Å². The van der Waals surface area contributed by atoms with E-state index in [0.29, 0.717) is 6.04 Å². The van der Waals surface area contributed by atoms with Crippen LogP contribution in [0.4, 0.5) is 0 Å². The van der Waals surface area contributed by atoms with E-state index in [1.165, 1.54) is 16.0 Å².